The Morgan fingerprint density at radius 1 is 1.55 bits per heavy atom. The molecular weight excluding hydrogens is 258 g/mol. The third-order valence-electron chi connectivity index (χ3n) is 2.57. The van der Waals surface area contributed by atoms with Crippen molar-refractivity contribution in [1.29, 1.82) is 0 Å². The van der Waals surface area contributed by atoms with Crippen molar-refractivity contribution >= 4 is 5.91 Å². The largest absolute Gasteiger partial charge is 0.487 e. The van der Waals surface area contributed by atoms with E-state index in [2.05, 4.69) is 15.5 Å². The van der Waals surface area contributed by atoms with Crippen molar-refractivity contribution in [1.82, 2.24) is 15.5 Å². The van der Waals surface area contributed by atoms with Gasteiger partial charge in [-0.2, -0.15) is 0 Å². The van der Waals surface area contributed by atoms with E-state index in [0.717, 1.165) is 5.69 Å². The quantitative estimate of drug-likeness (QED) is 0.864. The summed E-state index contributed by atoms with van der Waals surface area (Å²) in [6.07, 6.45) is 3.36. The van der Waals surface area contributed by atoms with Crippen LogP contribution in [0, 0.1) is 6.92 Å². The molecule has 0 aliphatic heterocycles. The highest BCUT2D eigenvalue weighted by atomic mass is 16.5. The molecule has 20 heavy (non-hydrogen) atoms. The summed E-state index contributed by atoms with van der Waals surface area (Å²) in [6, 6.07) is 5.37. The predicted octanol–water partition coefficient (Wildman–Crippen LogP) is 1.50. The van der Waals surface area contributed by atoms with E-state index in [1.54, 1.807) is 24.5 Å². The Bertz CT molecular complexity index is 554. The summed E-state index contributed by atoms with van der Waals surface area (Å²) in [5, 5.41) is 6.52. The number of hydrogen-bond acceptors (Lipinski definition) is 5. The Hall–Kier alpha value is -2.37. The van der Waals surface area contributed by atoms with E-state index in [1.807, 2.05) is 19.9 Å². The molecule has 0 spiro atoms. The van der Waals surface area contributed by atoms with E-state index in [0.29, 0.717) is 18.1 Å². The van der Waals surface area contributed by atoms with Crippen molar-refractivity contribution in [3.05, 3.63) is 42.0 Å². The molecule has 0 saturated heterocycles. The van der Waals surface area contributed by atoms with E-state index in [-0.39, 0.29) is 18.4 Å². The van der Waals surface area contributed by atoms with Crippen molar-refractivity contribution < 1.29 is 14.1 Å². The number of hydrogen-bond donors (Lipinski definition) is 1. The zero-order valence-corrected chi connectivity index (χ0v) is 11.5. The number of rotatable bonds is 6. The molecule has 0 aromatic carbocycles. The smallest absolute Gasteiger partial charge is 0.227 e. The molecule has 0 aliphatic rings. The zero-order chi connectivity index (χ0) is 14.4. The number of pyridine rings is 1. The van der Waals surface area contributed by atoms with Gasteiger partial charge in [0.2, 0.25) is 5.91 Å². The lowest BCUT2D eigenvalue weighted by Crippen LogP contribution is -2.34. The molecule has 6 heteroatoms. The summed E-state index contributed by atoms with van der Waals surface area (Å²) in [7, 11) is 0. The fraction of sp³-hybridized carbons (Fsp3) is 0.357. The second kappa shape index (κ2) is 6.70. The minimum absolute atomic E-state index is 0.122. The van der Waals surface area contributed by atoms with Gasteiger partial charge in [-0.25, -0.2) is 0 Å². The molecular formula is C14H17N3O3. The number of aromatic nitrogens is 2. The van der Waals surface area contributed by atoms with Crippen LogP contribution in [0.1, 0.15) is 18.4 Å². The third kappa shape index (κ3) is 4.38. The molecule has 0 bridgehead atoms. The number of amides is 1. The second-order valence-corrected chi connectivity index (χ2v) is 4.53. The molecule has 0 fully saturated rings. The van der Waals surface area contributed by atoms with Gasteiger partial charge in [0.25, 0.3) is 0 Å². The first-order valence-electron chi connectivity index (χ1n) is 6.39. The maximum absolute atomic E-state index is 11.7. The molecule has 1 amide bonds. The molecule has 2 aromatic rings. The number of nitrogens with one attached hydrogen (secondary N) is 1. The van der Waals surface area contributed by atoms with Crippen LogP contribution in [0.2, 0.25) is 0 Å². The van der Waals surface area contributed by atoms with Gasteiger partial charge in [-0.15, -0.1) is 0 Å². The van der Waals surface area contributed by atoms with Gasteiger partial charge in [0.1, 0.15) is 17.6 Å². The van der Waals surface area contributed by atoms with Crippen LogP contribution in [-0.2, 0) is 11.2 Å². The molecule has 1 atom stereocenters. The highest BCUT2D eigenvalue weighted by molar-refractivity contribution is 5.77. The molecule has 0 aliphatic carbocycles. The third-order valence-corrected chi connectivity index (χ3v) is 2.57. The summed E-state index contributed by atoms with van der Waals surface area (Å²) < 4.78 is 10.6. The predicted molar refractivity (Wildman–Crippen MR) is 72.3 cm³/mol. The van der Waals surface area contributed by atoms with Gasteiger partial charge in [0, 0.05) is 12.3 Å². The lowest BCUT2D eigenvalue weighted by molar-refractivity contribution is -0.121. The fourth-order valence-corrected chi connectivity index (χ4v) is 1.67. The second-order valence-electron chi connectivity index (χ2n) is 4.53. The van der Waals surface area contributed by atoms with Crippen LogP contribution in [0.25, 0.3) is 0 Å². The molecule has 2 rings (SSSR count). The van der Waals surface area contributed by atoms with Gasteiger partial charge in [0.15, 0.2) is 0 Å². The maximum Gasteiger partial charge on any atom is 0.227 e. The summed E-state index contributed by atoms with van der Waals surface area (Å²) in [5.41, 5.74) is 0.765. The Labute approximate surface area is 117 Å². The topological polar surface area (TPSA) is 77.2 Å². The van der Waals surface area contributed by atoms with Crippen molar-refractivity contribution in [2.24, 2.45) is 0 Å². The van der Waals surface area contributed by atoms with Gasteiger partial charge in [-0.3, -0.25) is 9.78 Å². The Balaban J connectivity index is 1.73. The molecule has 0 saturated carbocycles. The first-order chi connectivity index (χ1) is 9.63. The van der Waals surface area contributed by atoms with Gasteiger partial charge in [0.05, 0.1) is 24.9 Å². The molecule has 1 unspecified atom stereocenters. The number of carbonyl (C=O) groups is 1. The average molecular weight is 275 g/mol. The minimum Gasteiger partial charge on any atom is -0.487 e. The summed E-state index contributed by atoms with van der Waals surface area (Å²) in [4.78, 5) is 15.7. The van der Waals surface area contributed by atoms with E-state index in [9.17, 15) is 4.79 Å². The monoisotopic (exact) mass is 275 g/mol. The summed E-state index contributed by atoms with van der Waals surface area (Å²) >= 11 is 0. The Kier molecular flexibility index (Phi) is 4.70. The van der Waals surface area contributed by atoms with Crippen LogP contribution in [0.4, 0.5) is 0 Å². The van der Waals surface area contributed by atoms with Crippen LogP contribution in [0.15, 0.2) is 35.1 Å². The lowest BCUT2D eigenvalue weighted by Gasteiger charge is -2.14. The van der Waals surface area contributed by atoms with Crippen molar-refractivity contribution in [2.45, 2.75) is 26.4 Å². The van der Waals surface area contributed by atoms with Crippen LogP contribution in [0.3, 0.4) is 0 Å². The summed E-state index contributed by atoms with van der Waals surface area (Å²) in [6.45, 7) is 4.11. The number of nitrogens with zero attached hydrogens (tertiary/aromatic N) is 2. The van der Waals surface area contributed by atoms with Crippen molar-refractivity contribution in [2.75, 3.05) is 6.54 Å². The first kappa shape index (κ1) is 14.0. The Morgan fingerprint density at radius 3 is 3.05 bits per heavy atom. The van der Waals surface area contributed by atoms with Gasteiger partial charge < -0.3 is 14.6 Å². The highest BCUT2D eigenvalue weighted by Gasteiger charge is 2.10. The molecule has 0 radical (unpaired) electrons. The van der Waals surface area contributed by atoms with E-state index in [4.69, 9.17) is 9.26 Å². The van der Waals surface area contributed by atoms with Gasteiger partial charge in [-0.1, -0.05) is 5.16 Å². The number of aryl methyl sites for hydroxylation is 1. The van der Waals surface area contributed by atoms with E-state index < -0.39 is 0 Å². The molecule has 106 valence electrons. The van der Waals surface area contributed by atoms with E-state index in [1.165, 1.54) is 0 Å². The lowest BCUT2D eigenvalue weighted by atomic mass is 10.3. The molecule has 1 N–H and O–H groups in total. The van der Waals surface area contributed by atoms with Crippen LogP contribution >= 0.6 is 0 Å². The number of ether oxygens (including phenoxy) is 1. The average Bonchev–Trinajstić information content (AvgIpc) is 2.83. The van der Waals surface area contributed by atoms with E-state index >= 15 is 0 Å². The summed E-state index contributed by atoms with van der Waals surface area (Å²) in [5.74, 6) is 1.11. The van der Waals surface area contributed by atoms with Gasteiger partial charge >= 0.3 is 0 Å². The van der Waals surface area contributed by atoms with Crippen molar-refractivity contribution in [3.63, 3.8) is 0 Å². The molecule has 6 nitrogen and oxygen atoms in total. The maximum atomic E-state index is 11.7. The molecule has 2 aromatic heterocycles. The standard InChI is InChI=1S/C14H17N3O3/c1-10-6-13(20-17-10)7-14(18)16-8-11(2)19-12-4-3-5-15-9-12/h3-6,9,11H,7-8H2,1-2H3,(H,16,18). The van der Waals surface area contributed by atoms with Gasteiger partial charge in [-0.05, 0) is 26.0 Å². The minimum atomic E-state index is -0.139. The highest BCUT2D eigenvalue weighted by Crippen LogP contribution is 2.08. The van der Waals surface area contributed by atoms with Crippen LogP contribution in [-0.4, -0.2) is 28.7 Å². The molecule has 2 heterocycles. The normalized spacial score (nSPS) is 11.9. The first-order valence-corrected chi connectivity index (χ1v) is 6.39. The SMILES string of the molecule is Cc1cc(CC(=O)NCC(C)Oc2cccnc2)on1. The van der Waals surface area contributed by atoms with Crippen LogP contribution in [0.5, 0.6) is 5.75 Å². The Morgan fingerprint density at radius 2 is 2.40 bits per heavy atom. The fourth-order valence-electron chi connectivity index (χ4n) is 1.67. The van der Waals surface area contributed by atoms with Crippen LogP contribution < -0.4 is 10.1 Å². The van der Waals surface area contributed by atoms with Crippen molar-refractivity contribution in [3.8, 4) is 5.75 Å². The number of carbonyl (C=O) groups excluding carboxylic acids is 1. The zero-order valence-electron chi connectivity index (χ0n) is 11.5.